The summed E-state index contributed by atoms with van der Waals surface area (Å²) in [4.78, 5) is 11.5. The van der Waals surface area contributed by atoms with Gasteiger partial charge in [-0.2, -0.15) is 0 Å². The number of esters is 1. The molecule has 1 N–H and O–H groups in total. The van der Waals surface area contributed by atoms with Crippen molar-refractivity contribution < 1.29 is 9.53 Å². The molecule has 0 saturated carbocycles. The van der Waals surface area contributed by atoms with E-state index < -0.39 is 0 Å². The minimum atomic E-state index is -0.280. The number of carbonyl (C=O) groups is 1. The van der Waals surface area contributed by atoms with E-state index >= 15 is 0 Å². The maximum Gasteiger partial charge on any atom is 0.338 e. The summed E-state index contributed by atoms with van der Waals surface area (Å²) in [6, 6.07) is 15.7. The highest BCUT2D eigenvalue weighted by molar-refractivity contribution is 5.89. The maximum absolute atomic E-state index is 11.5. The van der Waals surface area contributed by atoms with Gasteiger partial charge in [-0.1, -0.05) is 29.8 Å². The second-order valence-electron chi connectivity index (χ2n) is 4.64. The van der Waals surface area contributed by atoms with Gasteiger partial charge in [0.25, 0.3) is 0 Å². The lowest BCUT2D eigenvalue weighted by atomic mass is 10.1. The van der Waals surface area contributed by atoms with Crippen LogP contribution in [0.3, 0.4) is 0 Å². The lowest BCUT2D eigenvalue weighted by molar-refractivity contribution is 0.0526. The van der Waals surface area contributed by atoms with Gasteiger partial charge in [-0.05, 0) is 43.7 Å². The minimum Gasteiger partial charge on any atom is -0.462 e. The number of hydrogen-bond acceptors (Lipinski definition) is 3. The third-order valence-corrected chi connectivity index (χ3v) is 3.01. The highest BCUT2D eigenvalue weighted by Crippen LogP contribution is 2.12. The number of benzene rings is 2. The van der Waals surface area contributed by atoms with Crippen LogP contribution in [0, 0.1) is 6.92 Å². The SMILES string of the molecule is CCOC(=O)c1ccc(NCc2ccc(C)cc2)cc1. The Morgan fingerprint density at radius 1 is 1.05 bits per heavy atom. The van der Waals surface area contributed by atoms with E-state index in [1.165, 1.54) is 11.1 Å². The standard InChI is InChI=1S/C17H19NO2/c1-3-20-17(19)15-8-10-16(11-9-15)18-12-14-6-4-13(2)5-7-14/h4-11,18H,3,12H2,1-2H3. The predicted octanol–water partition coefficient (Wildman–Crippen LogP) is 3.78. The molecule has 3 heteroatoms. The molecule has 0 saturated heterocycles. The first-order valence-corrected chi connectivity index (χ1v) is 6.75. The Bertz CT molecular complexity index is 559. The third kappa shape index (κ3) is 3.85. The normalized spacial score (nSPS) is 10.1. The van der Waals surface area contributed by atoms with Crippen LogP contribution in [0.15, 0.2) is 48.5 Å². The molecule has 2 aromatic carbocycles. The van der Waals surface area contributed by atoms with Gasteiger partial charge < -0.3 is 10.1 Å². The molecule has 104 valence electrons. The van der Waals surface area contributed by atoms with E-state index in [2.05, 4.69) is 36.5 Å². The Hall–Kier alpha value is -2.29. The lowest BCUT2D eigenvalue weighted by Crippen LogP contribution is -2.05. The molecule has 0 fully saturated rings. The Morgan fingerprint density at radius 2 is 1.70 bits per heavy atom. The van der Waals surface area contributed by atoms with Crippen LogP contribution < -0.4 is 5.32 Å². The van der Waals surface area contributed by atoms with E-state index in [0.29, 0.717) is 12.2 Å². The summed E-state index contributed by atoms with van der Waals surface area (Å²) in [5.74, 6) is -0.280. The van der Waals surface area contributed by atoms with Crippen molar-refractivity contribution in [2.45, 2.75) is 20.4 Å². The highest BCUT2D eigenvalue weighted by Gasteiger charge is 2.05. The van der Waals surface area contributed by atoms with Crippen molar-refractivity contribution in [3.05, 3.63) is 65.2 Å². The summed E-state index contributed by atoms with van der Waals surface area (Å²) in [7, 11) is 0. The zero-order valence-electron chi connectivity index (χ0n) is 11.8. The molecule has 3 nitrogen and oxygen atoms in total. The first-order valence-electron chi connectivity index (χ1n) is 6.75. The lowest BCUT2D eigenvalue weighted by Gasteiger charge is -2.08. The average molecular weight is 269 g/mol. The molecule has 0 unspecified atom stereocenters. The van der Waals surface area contributed by atoms with Crippen LogP contribution in [0.4, 0.5) is 5.69 Å². The van der Waals surface area contributed by atoms with Gasteiger partial charge in [0.1, 0.15) is 0 Å². The van der Waals surface area contributed by atoms with Crippen molar-refractivity contribution in [2.24, 2.45) is 0 Å². The Labute approximate surface area is 119 Å². The molecule has 20 heavy (non-hydrogen) atoms. The smallest absolute Gasteiger partial charge is 0.338 e. The first-order chi connectivity index (χ1) is 9.69. The van der Waals surface area contributed by atoms with Crippen molar-refractivity contribution in [2.75, 3.05) is 11.9 Å². The fourth-order valence-corrected chi connectivity index (χ4v) is 1.85. The summed E-state index contributed by atoms with van der Waals surface area (Å²) in [5, 5.41) is 3.33. The topological polar surface area (TPSA) is 38.3 Å². The first kappa shape index (κ1) is 14.1. The number of hydrogen-bond donors (Lipinski definition) is 1. The van der Waals surface area contributed by atoms with Crippen molar-refractivity contribution in [1.29, 1.82) is 0 Å². The molecule has 0 aromatic heterocycles. The summed E-state index contributed by atoms with van der Waals surface area (Å²) >= 11 is 0. The van der Waals surface area contributed by atoms with Gasteiger partial charge in [0, 0.05) is 12.2 Å². The quantitative estimate of drug-likeness (QED) is 0.839. The molecule has 0 aliphatic heterocycles. The zero-order chi connectivity index (χ0) is 14.4. The maximum atomic E-state index is 11.5. The number of carbonyl (C=O) groups excluding carboxylic acids is 1. The van der Waals surface area contributed by atoms with Crippen molar-refractivity contribution >= 4 is 11.7 Å². The molecular weight excluding hydrogens is 250 g/mol. The van der Waals surface area contributed by atoms with Gasteiger partial charge in [0.15, 0.2) is 0 Å². The molecule has 2 rings (SSSR count). The van der Waals surface area contributed by atoms with E-state index in [9.17, 15) is 4.79 Å². The van der Waals surface area contributed by atoms with Crippen LogP contribution in [0.5, 0.6) is 0 Å². The van der Waals surface area contributed by atoms with E-state index in [1.807, 2.05) is 12.1 Å². The van der Waals surface area contributed by atoms with Crippen molar-refractivity contribution in [3.8, 4) is 0 Å². The zero-order valence-corrected chi connectivity index (χ0v) is 11.8. The second-order valence-corrected chi connectivity index (χ2v) is 4.64. The highest BCUT2D eigenvalue weighted by atomic mass is 16.5. The van der Waals surface area contributed by atoms with Crippen molar-refractivity contribution in [3.63, 3.8) is 0 Å². The van der Waals surface area contributed by atoms with Crippen LogP contribution >= 0.6 is 0 Å². The van der Waals surface area contributed by atoms with Gasteiger partial charge in [-0.3, -0.25) is 0 Å². The predicted molar refractivity (Wildman–Crippen MR) is 80.9 cm³/mol. The summed E-state index contributed by atoms with van der Waals surface area (Å²) in [6.45, 7) is 5.03. The number of anilines is 1. The average Bonchev–Trinajstić information content (AvgIpc) is 2.47. The fourth-order valence-electron chi connectivity index (χ4n) is 1.85. The number of rotatable bonds is 5. The van der Waals surface area contributed by atoms with E-state index in [4.69, 9.17) is 4.74 Å². The summed E-state index contributed by atoms with van der Waals surface area (Å²) < 4.78 is 4.95. The summed E-state index contributed by atoms with van der Waals surface area (Å²) in [6.07, 6.45) is 0. The molecule has 2 aromatic rings. The Balaban J connectivity index is 1.93. The van der Waals surface area contributed by atoms with Crippen LogP contribution in [-0.2, 0) is 11.3 Å². The third-order valence-electron chi connectivity index (χ3n) is 3.01. The van der Waals surface area contributed by atoms with Gasteiger partial charge >= 0.3 is 5.97 Å². The molecule has 0 atom stereocenters. The number of ether oxygens (including phenoxy) is 1. The van der Waals surface area contributed by atoms with Crippen LogP contribution in [0.25, 0.3) is 0 Å². The number of aryl methyl sites for hydroxylation is 1. The minimum absolute atomic E-state index is 0.280. The monoisotopic (exact) mass is 269 g/mol. The molecule has 0 aliphatic rings. The van der Waals surface area contributed by atoms with Crippen LogP contribution in [0.1, 0.15) is 28.4 Å². The largest absolute Gasteiger partial charge is 0.462 e. The van der Waals surface area contributed by atoms with Gasteiger partial charge in [-0.25, -0.2) is 4.79 Å². The summed E-state index contributed by atoms with van der Waals surface area (Å²) in [5.41, 5.74) is 4.05. The second kappa shape index (κ2) is 6.75. The van der Waals surface area contributed by atoms with E-state index in [-0.39, 0.29) is 5.97 Å². The Morgan fingerprint density at radius 3 is 2.30 bits per heavy atom. The van der Waals surface area contributed by atoms with E-state index in [0.717, 1.165) is 12.2 Å². The van der Waals surface area contributed by atoms with Crippen molar-refractivity contribution in [1.82, 2.24) is 0 Å². The fraction of sp³-hybridized carbons (Fsp3) is 0.235. The van der Waals surface area contributed by atoms with Gasteiger partial charge in [0.05, 0.1) is 12.2 Å². The number of nitrogens with one attached hydrogen (secondary N) is 1. The van der Waals surface area contributed by atoms with Gasteiger partial charge in [0.2, 0.25) is 0 Å². The molecule has 0 aliphatic carbocycles. The molecule has 0 radical (unpaired) electrons. The molecule has 0 amide bonds. The van der Waals surface area contributed by atoms with Crippen LogP contribution in [-0.4, -0.2) is 12.6 Å². The molecule has 0 bridgehead atoms. The Kier molecular flexibility index (Phi) is 4.77. The molecular formula is C17H19NO2. The van der Waals surface area contributed by atoms with Gasteiger partial charge in [-0.15, -0.1) is 0 Å². The molecule has 0 spiro atoms. The molecule has 0 heterocycles. The van der Waals surface area contributed by atoms with E-state index in [1.54, 1.807) is 19.1 Å². The van der Waals surface area contributed by atoms with Crippen LogP contribution in [0.2, 0.25) is 0 Å².